The SMILES string of the molecule is CC(=O)NC[C@H]1CN(c2ccc(-c3cn(Cc4cnn(CC#N)c4)nn3)c(F)c2)C(=O)O1. The number of halogens is 1. The molecule has 3 heterocycles. The van der Waals surface area contributed by atoms with E-state index < -0.39 is 18.0 Å². The van der Waals surface area contributed by atoms with Crippen LogP contribution >= 0.6 is 0 Å². The quantitative estimate of drug-likeness (QED) is 0.588. The van der Waals surface area contributed by atoms with E-state index in [1.807, 2.05) is 6.07 Å². The van der Waals surface area contributed by atoms with Gasteiger partial charge >= 0.3 is 6.09 Å². The molecular formula is C20H19FN8O3. The Morgan fingerprint density at radius 1 is 1.38 bits per heavy atom. The summed E-state index contributed by atoms with van der Waals surface area (Å²) in [5.41, 5.74) is 1.75. The summed E-state index contributed by atoms with van der Waals surface area (Å²) in [6.45, 7) is 2.29. The van der Waals surface area contributed by atoms with E-state index in [2.05, 4.69) is 20.7 Å². The number of carbonyl (C=O) groups excluding carboxylic acids is 2. The Bertz CT molecular complexity index is 1200. The molecule has 0 saturated carbocycles. The third kappa shape index (κ3) is 4.56. The van der Waals surface area contributed by atoms with E-state index in [9.17, 15) is 14.0 Å². The Morgan fingerprint density at radius 3 is 2.97 bits per heavy atom. The first-order chi connectivity index (χ1) is 15.4. The highest BCUT2D eigenvalue weighted by Crippen LogP contribution is 2.28. The summed E-state index contributed by atoms with van der Waals surface area (Å²) in [5.74, 6) is -0.784. The maximum Gasteiger partial charge on any atom is 0.414 e. The minimum absolute atomic E-state index is 0.152. The molecule has 1 fully saturated rings. The van der Waals surface area contributed by atoms with Gasteiger partial charge in [0, 0.05) is 24.2 Å². The summed E-state index contributed by atoms with van der Waals surface area (Å²) in [7, 11) is 0. The highest BCUT2D eigenvalue weighted by atomic mass is 19.1. The summed E-state index contributed by atoms with van der Waals surface area (Å²) < 4.78 is 23.1. The average molecular weight is 438 g/mol. The molecule has 32 heavy (non-hydrogen) atoms. The first-order valence-electron chi connectivity index (χ1n) is 9.74. The van der Waals surface area contributed by atoms with Gasteiger partial charge in [-0.15, -0.1) is 5.10 Å². The standard InChI is InChI=1S/C20H19FN8O3/c1-13(30)23-8-16-11-29(20(31)32-16)15-2-3-17(18(21)6-15)19-12-28(26-25-19)10-14-7-24-27(9-14)5-4-22/h2-3,6-7,9,12,16H,5,8,10-11H2,1H3,(H,23,30)/t16-/m0/s1. The van der Waals surface area contributed by atoms with Gasteiger partial charge in [0.2, 0.25) is 5.91 Å². The van der Waals surface area contributed by atoms with Crippen molar-refractivity contribution in [3.8, 4) is 17.3 Å². The zero-order valence-electron chi connectivity index (χ0n) is 17.1. The van der Waals surface area contributed by atoms with Crippen molar-refractivity contribution in [1.82, 2.24) is 30.1 Å². The lowest BCUT2D eigenvalue weighted by molar-refractivity contribution is -0.119. The number of nitrogens with zero attached hydrogens (tertiary/aromatic N) is 7. The fourth-order valence-corrected chi connectivity index (χ4v) is 3.31. The second-order valence-electron chi connectivity index (χ2n) is 7.22. The van der Waals surface area contributed by atoms with Crippen LogP contribution < -0.4 is 10.2 Å². The van der Waals surface area contributed by atoms with E-state index in [1.165, 1.54) is 28.6 Å². The highest BCUT2D eigenvalue weighted by Gasteiger charge is 2.32. The normalized spacial score (nSPS) is 15.5. The zero-order chi connectivity index (χ0) is 22.7. The van der Waals surface area contributed by atoms with Crippen LogP contribution in [0.3, 0.4) is 0 Å². The predicted molar refractivity (Wildman–Crippen MR) is 109 cm³/mol. The Labute approximate surface area is 182 Å². The third-order valence-corrected chi connectivity index (χ3v) is 4.80. The summed E-state index contributed by atoms with van der Waals surface area (Å²) in [4.78, 5) is 24.5. The Hall–Kier alpha value is -4.27. The monoisotopic (exact) mass is 438 g/mol. The van der Waals surface area contributed by atoms with Gasteiger partial charge in [0.25, 0.3) is 0 Å². The molecule has 4 rings (SSSR count). The fraction of sp³-hybridized carbons (Fsp3) is 0.300. The Morgan fingerprint density at radius 2 is 2.22 bits per heavy atom. The maximum absolute atomic E-state index is 14.8. The van der Waals surface area contributed by atoms with E-state index in [-0.39, 0.29) is 31.1 Å². The molecule has 2 amide bonds. The van der Waals surface area contributed by atoms with Crippen LogP contribution in [0.5, 0.6) is 0 Å². The molecule has 2 aromatic heterocycles. The predicted octanol–water partition coefficient (Wildman–Crippen LogP) is 1.31. The third-order valence-electron chi connectivity index (χ3n) is 4.80. The second kappa shape index (κ2) is 8.84. The lowest BCUT2D eigenvalue weighted by Crippen LogP contribution is -2.33. The molecule has 0 bridgehead atoms. The number of cyclic esters (lactones) is 1. The molecule has 1 atom stereocenters. The largest absolute Gasteiger partial charge is 0.442 e. The van der Waals surface area contributed by atoms with Crippen molar-refractivity contribution in [2.75, 3.05) is 18.0 Å². The average Bonchev–Trinajstić information content (AvgIpc) is 3.48. The lowest BCUT2D eigenvalue weighted by atomic mass is 10.1. The number of rotatable bonds is 7. The first-order valence-corrected chi connectivity index (χ1v) is 9.74. The molecule has 1 aliphatic heterocycles. The summed E-state index contributed by atoms with van der Waals surface area (Å²) in [5, 5.41) is 23.4. The van der Waals surface area contributed by atoms with Crippen LogP contribution in [0.1, 0.15) is 12.5 Å². The van der Waals surface area contributed by atoms with Gasteiger partial charge in [-0.1, -0.05) is 5.21 Å². The number of ether oxygens (including phenoxy) is 1. The molecule has 3 aromatic rings. The molecule has 0 unspecified atom stereocenters. The van der Waals surface area contributed by atoms with Gasteiger partial charge in [-0.05, 0) is 18.2 Å². The van der Waals surface area contributed by atoms with Gasteiger partial charge in [0.1, 0.15) is 24.2 Å². The van der Waals surface area contributed by atoms with Crippen LogP contribution in [0.25, 0.3) is 11.3 Å². The van der Waals surface area contributed by atoms with E-state index in [4.69, 9.17) is 10.00 Å². The highest BCUT2D eigenvalue weighted by molar-refractivity contribution is 5.90. The summed E-state index contributed by atoms with van der Waals surface area (Å²) >= 11 is 0. The van der Waals surface area contributed by atoms with Crippen LogP contribution in [0, 0.1) is 17.1 Å². The van der Waals surface area contributed by atoms with E-state index in [0.29, 0.717) is 17.9 Å². The van der Waals surface area contributed by atoms with Crippen LogP contribution in [-0.2, 0) is 22.6 Å². The van der Waals surface area contributed by atoms with Gasteiger partial charge < -0.3 is 10.1 Å². The van der Waals surface area contributed by atoms with Crippen molar-refractivity contribution in [3.63, 3.8) is 0 Å². The minimum atomic E-state index is -0.601. The number of carbonyl (C=O) groups is 2. The number of aromatic nitrogens is 5. The molecule has 11 nitrogen and oxygen atoms in total. The van der Waals surface area contributed by atoms with Crippen molar-refractivity contribution < 1.29 is 18.7 Å². The first kappa shape index (κ1) is 21.0. The van der Waals surface area contributed by atoms with E-state index in [1.54, 1.807) is 29.3 Å². The van der Waals surface area contributed by atoms with E-state index >= 15 is 0 Å². The van der Waals surface area contributed by atoms with Gasteiger partial charge in [0.15, 0.2) is 0 Å². The smallest absolute Gasteiger partial charge is 0.414 e. The van der Waals surface area contributed by atoms with Crippen molar-refractivity contribution in [2.45, 2.75) is 26.1 Å². The van der Waals surface area contributed by atoms with Gasteiger partial charge in [-0.2, -0.15) is 10.4 Å². The number of amides is 2. The molecule has 1 aliphatic rings. The van der Waals surface area contributed by atoms with Crippen molar-refractivity contribution in [3.05, 3.63) is 48.2 Å². The van der Waals surface area contributed by atoms with Crippen molar-refractivity contribution in [2.24, 2.45) is 0 Å². The molecule has 164 valence electrons. The fourth-order valence-electron chi connectivity index (χ4n) is 3.31. The van der Waals surface area contributed by atoms with Gasteiger partial charge in [-0.3, -0.25) is 14.4 Å². The van der Waals surface area contributed by atoms with Crippen LogP contribution in [0.15, 0.2) is 36.8 Å². The minimum Gasteiger partial charge on any atom is -0.442 e. The summed E-state index contributed by atoms with van der Waals surface area (Å²) in [6, 6.07) is 6.38. The van der Waals surface area contributed by atoms with Crippen LogP contribution in [0.2, 0.25) is 0 Å². The van der Waals surface area contributed by atoms with Crippen molar-refractivity contribution >= 4 is 17.7 Å². The molecule has 1 aromatic carbocycles. The molecule has 12 heteroatoms. The topological polar surface area (TPSA) is 131 Å². The molecular weight excluding hydrogens is 419 g/mol. The second-order valence-corrected chi connectivity index (χ2v) is 7.22. The molecule has 0 radical (unpaired) electrons. The Balaban J connectivity index is 1.45. The number of hydrogen-bond acceptors (Lipinski definition) is 7. The molecule has 1 saturated heterocycles. The number of nitrogens with one attached hydrogen (secondary N) is 1. The van der Waals surface area contributed by atoms with Gasteiger partial charge in [0.05, 0.1) is 43.8 Å². The molecule has 0 aliphatic carbocycles. The number of anilines is 1. The number of nitriles is 1. The lowest BCUT2D eigenvalue weighted by Gasteiger charge is -2.14. The zero-order valence-corrected chi connectivity index (χ0v) is 17.1. The number of hydrogen-bond donors (Lipinski definition) is 1. The maximum atomic E-state index is 14.8. The van der Waals surface area contributed by atoms with E-state index in [0.717, 1.165) is 5.56 Å². The van der Waals surface area contributed by atoms with Gasteiger partial charge in [-0.25, -0.2) is 13.9 Å². The molecule has 1 N–H and O–H groups in total. The summed E-state index contributed by atoms with van der Waals surface area (Å²) in [6.07, 6.45) is 3.85. The Kier molecular flexibility index (Phi) is 5.80. The number of benzene rings is 1. The molecule has 0 spiro atoms. The van der Waals surface area contributed by atoms with Crippen LogP contribution in [-0.4, -0.2) is 56.0 Å². The van der Waals surface area contributed by atoms with Crippen molar-refractivity contribution in [1.29, 1.82) is 5.26 Å². The van der Waals surface area contributed by atoms with Crippen LogP contribution in [0.4, 0.5) is 14.9 Å².